The van der Waals surface area contributed by atoms with Crippen LogP contribution in [0.4, 0.5) is 5.69 Å². The summed E-state index contributed by atoms with van der Waals surface area (Å²) in [7, 11) is 0. The molecule has 0 aromatic heterocycles. The van der Waals surface area contributed by atoms with E-state index in [9.17, 15) is 14.9 Å². The molecule has 20 heavy (non-hydrogen) atoms. The molecule has 2 rings (SSSR count). The number of benzene rings is 1. The second-order valence-electron chi connectivity index (χ2n) is 4.56. The largest absolute Gasteiger partial charge is 0.336 e. The zero-order valence-electron chi connectivity index (χ0n) is 10.8. The van der Waals surface area contributed by atoms with Crippen molar-refractivity contribution in [1.29, 1.82) is 0 Å². The van der Waals surface area contributed by atoms with E-state index in [1.165, 1.54) is 18.2 Å². The number of nitro groups is 1. The number of hydrogen-bond donors (Lipinski definition) is 1. The van der Waals surface area contributed by atoms with Crippen molar-refractivity contribution in [2.75, 3.05) is 19.6 Å². The van der Waals surface area contributed by atoms with E-state index in [0.717, 1.165) is 6.54 Å². The van der Waals surface area contributed by atoms with Crippen molar-refractivity contribution in [3.63, 3.8) is 0 Å². The molecule has 1 atom stereocenters. The number of rotatable bonds is 2. The van der Waals surface area contributed by atoms with Crippen LogP contribution in [0.2, 0.25) is 5.02 Å². The Kier molecular flexibility index (Phi) is 5.74. The van der Waals surface area contributed by atoms with Gasteiger partial charge in [0, 0.05) is 48.4 Å². The molecule has 1 amide bonds. The van der Waals surface area contributed by atoms with Crippen molar-refractivity contribution in [2.45, 2.75) is 13.0 Å². The first kappa shape index (κ1) is 16.7. The van der Waals surface area contributed by atoms with Gasteiger partial charge in [-0.15, -0.1) is 12.4 Å². The van der Waals surface area contributed by atoms with Crippen LogP contribution in [0.5, 0.6) is 0 Å². The van der Waals surface area contributed by atoms with Crippen LogP contribution in [0.3, 0.4) is 0 Å². The Labute approximate surface area is 127 Å². The molecule has 1 aliphatic heterocycles. The topological polar surface area (TPSA) is 75.5 Å². The monoisotopic (exact) mass is 319 g/mol. The van der Waals surface area contributed by atoms with Gasteiger partial charge >= 0.3 is 0 Å². The fraction of sp³-hybridized carbons (Fsp3) is 0.417. The van der Waals surface area contributed by atoms with Crippen LogP contribution >= 0.6 is 24.0 Å². The SMILES string of the molecule is C[C@H]1CN(C(=O)c2cc(Cl)cc([N+](=O)[O-])c2)CCN1.Cl. The third-order valence-corrected chi connectivity index (χ3v) is 3.21. The molecule has 8 heteroatoms. The predicted molar refractivity (Wildman–Crippen MR) is 78.7 cm³/mol. The predicted octanol–water partition coefficient (Wildman–Crippen LogP) is 2.10. The van der Waals surface area contributed by atoms with E-state index in [-0.39, 0.29) is 40.6 Å². The minimum absolute atomic E-state index is 0. The molecule has 1 aromatic rings. The summed E-state index contributed by atoms with van der Waals surface area (Å²) in [5, 5.41) is 14.2. The van der Waals surface area contributed by atoms with Gasteiger partial charge in [-0.1, -0.05) is 11.6 Å². The number of nitrogens with zero attached hydrogens (tertiary/aromatic N) is 2. The van der Waals surface area contributed by atoms with E-state index >= 15 is 0 Å². The number of piperazine rings is 1. The maximum Gasteiger partial charge on any atom is 0.271 e. The summed E-state index contributed by atoms with van der Waals surface area (Å²) in [6.07, 6.45) is 0. The van der Waals surface area contributed by atoms with Crippen LogP contribution in [-0.4, -0.2) is 41.4 Å². The molecule has 0 saturated carbocycles. The maximum atomic E-state index is 12.3. The quantitative estimate of drug-likeness (QED) is 0.669. The van der Waals surface area contributed by atoms with E-state index in [4.69, 9.17) is 11.6 Å². The van der Waals surface area contributed by atoms with Crippen LogP contribution < -0.4 is 5.32 Å². The summed E-state index contributed by atoms with van der Waals surface area (Å²) in [5.41, 5.74) is 0.0901. The highest BCUT2D eigenvalue weighted by atomic mass is 35.5. The maximum absolute atomic E-state index is 12.3. The smallest absolute Gasteiger partial charge is 0.271 e. The van der Waals surface area contributed by atoms with Crippen LogP contribution in [0, 0.1) is 10.1 Å². The lowest BCUT2D eigenvalue weighted by Gasteiger charge is -2.31. The Morgan fingerprint density at radius 3 is 2.80 bits per heavy atom. The molecule has 1 N–H and O–H groups in total. The average Bonchev–Trinajstić information content (AvgIpc) is 2.37. The Hall–Kier alpha value is -1.37. The number of non-ortho nitro benzene ring substituents is 1. The lowest BCUT2D eigenvalue weighted by Crippen LogP contribution is -2.51. The van der Waals surface area contributed by atoms with Gasteiger partial charge in [-0.2, -0.15) is 0 Å². The molecular formula is C12H15Cl2N3O3. The van der Waals surface area contributed by atoms with Crippen molar-refractivity contribution in [3.05, 3.63) is 38.9 Å². The van der Waals surface area contributed by atoms with Gasteiger partial charge in [-0.05, 0) is 13.0 Å². The standard InChI is InChI=1S/C12H14ClN3O3.ClH/c1-8-7-15(3-2-14-8)12(17)9-4-10(13)6-11(5-9)16(18)19;/h4-6,8,14H,2-3,7H2,1H3;1H/t8-;/m0./s1. The molecule has 0 unspecified atom stereocenters. The van der Waals surface area contributed by atoms with Gasteiger partial charge in [-0.3, -0.25) is 14.9 Å². The van der Waals surface area contributed by atoms with Crippen molar-refractivity contribution in [1.82, 2.24) is 10.2 Å². The number of carbonyl (C=O) groups is 1. The highest BCUT2D eigenvalue weighted by Gasteiger charge is 2.23. The molecule has 0 aliphatic carbocycles. The van der Waals surface area contributed by atoms with Gasteiger partial charge < -0.3 is 10.2 Å². The molecule has 0 bridgehead atoms. The molecule has 1 aromatic carbocycles. The van der Waals surface area contributed by atoms with E-state index in [0.29, 0.717) is 13.1 Å². The number of nitrogens with one attached hydrogen (secondary N) is 1. The van der Waals surface area contributed by atoms with Crippen molar-refractivity contribution in [3.8, 4) is 0 Å². The zero-order chi connectivity index (χ0) is 14.0. The van der Waals surface area contributed by atoms with Gasteiger partial charge in [0.05, 0.1) is 4.92 Å². The first-order chi connectivity index (χ1) is 8.97. The van der Waals surface area contributed by atoms with Crippen molar-refractivity contribution >= 4 is 35.6 Å². The lowest BCUT2D eigenvalue weighted by molar-refractivity contribution is -0.384. The second-order valence-corrected chi connectivity index (χ2v) is 5.00. The molecule has 1 fully saturated rings. The van der Waals surface area contributed by atoms with E-state index < -0.39 is 4.92 Å². The molecule has 1 heterocycles. The highest BCUT2D eigenvalue weighted by molar-refractivity contribution is 6.31. The molecule has 1 saturated heterocycles. The number of hydrogen-bond acceptors (Lipinski definition) is 4. The fourth-order valence-corrected chi connectivity index (χ4v) is 2.33. The lowest BCUT2D eigenvalue weighted by atomic mass is 10.1. The highest BCUT2D eigenvalue weighted by Crippen LogP contribution is 2.22. The normalized spacial score (nSPS) is 18.3. The van der Waals surface area contributed by atoms with Gasteiger partial charge in [0.15, 0.2) is 0 Å². The summed E-state index contributed by atoms with van der Waals surface area (Å²) in [6.45, 7) is 3.87. The van der Waals surface area contributed by atoms with E-state index in [1.807, 2.05) is 6.92 Å². The van der Waals surface area contributed by atoms with Crippen LogP contribution in [0.15, 0.2) is 18.2 Å². The number of halogens is 2. The van der Waals surface area contributed by atoms with E-state index in [2.05, 4.69) is 5.32 Å². The Bertz CT molecular complexity index is 525. The van der Waals surface area contributed by atoms with Crippen LogP contribution in [-0.2, 0) is 0 Å². The minimum Gasteiger partial charge on any atom is -0.336 e. The summed E-state index contributed by atoms with van der Waals surface area (Å²) >= 11 is 5.82. The summed E-state index contributed by atoms with van der Waals surface area (Å²) in [6, 6.07) is 4.18. The average molecular weight is 320 g/mol. The summed E-state index contributed by atoms with van der Waals surface area (Å²) < 4.78 is 0. The van der Waals surface area contributed by atoms with Gasteiger partial charge in [-0.25, -0.2) is 0 Å². The molecule has 0 spiro atoms. The van der Waals surface area contributed by atoms with Crippen LogP contribution in [0.1, 0.15) is 17.3 Å². The van der Waals surface area contributed by atoms with Gasteiger partial charge in [0.1, 0.15) is 0 Å². The van der Waals surface area contributed by atoms with Crippen molar-refractivity contribution in [2.24, 2.45) is 0 Å². The fourth-order valence-electron chi connectivity index (χ4n) is 2.10. The Balaban J connectivity index is 0.00000200. The first-order valence-electron chi connectivity index (χ1n) is 5.95. The molecule has 6 nitrogen and oxygen atoms in total. The number of carbonyl (C=O) groups excluding carboxylic acids is 1. The van der Waals surface area contributed by atoms with Crippen LogP contribution in [0.25, 0.3) is 0 Å². The summed E-state index contributed by atoms with van der Waals surface area (Å²) in [5.74, 6) is -0.223. The number of amides is 1. The molecule has 110 valence electrons. The molecule has 0 radical (unpaired) electrons. The van der Waals surface area contributed by atoms with E-state index in [1.54, 1.807) is 4.90 Å². The Morgan fingerprint density at radius 1 is 1.50 bits per heavy atom. The first-order valence-corrected chi connectivity index (χ1v) is 6.33. The summed E-state index contributed by atoms with van der Waals surface area (Å²) in [4.78, 5) is 24.2. The third kappa shape index (κ3) is 3.82. The second kappa shape index (κ2) is 6.88. The zero-order valence-corrected chi connectivity index (χ0v) is 12.4. The van der Waals surface area contributed by atoms with Crippen molar-refractivity contribution < 1.29 is 9.72 Å². The number of nitro benzene ring substituents is 1. The van der Waals surface area contributed by atoms with Gasteiger partial charge in [0.2, 0.25) is 0 Å². The molecule has 1 aliphatic rings. The van der Waals surface area contributed by atoms with Gasteiger partial charge in [0.25, 0.3) is 11.6 Å². The minimum atomic E-state index is -0.553. The molecular weight excluding hydrogens is 305 g/mol. The Morgan fingerprint density at radius 2 is 2.20 bits per heavy atom. The third-order valence-electron chi connectivity index (χ3n) is 3.00.